The molecule has 4 rings (SSSR count). The van der Waals surface area contributed by atoms with Gasteiger partial charge >= 0.3 is 5.97 Å². The van der Waals surface area contributed by atoms with Crippen LogP contribution in [0.2, 0.25) is 0 Å². The molecule has 3 aliphatic rings. The number of aromatic nitrogens is 1. The second-order valence-corrected chi connectivity index (χ2v) is 7.88. The standard InChI is InChI=1S/C15H14N4O5S2/c16-15-17-6(4-26-15)9(8-2-1-3-24-8)11(20)18-10-12(21)19-7(14(22)23)5-25-13(10)19/h1,3-4,7,10,13H,2,5H2,(H2,16,17)(H,18,20)(H,22,23)/b9-8+/t7?,10?,13-/m1/s1. The van der Waals surface area contributed by atoms with E-state index < -0.39 is 29.9 Å². The van der Waals surface area contributed by atoms with Crippen LogP contribution in [0, 0.1) is 0 Å². The molecule has 2 saturated heterocycles. The second-order valence-electron chi connectivity index (χ2n) is 5.84. The first-order valence-electron chi connectivity index (χ1n) is 7.71. The third-order valence-corrected chi connectivity index (χ3v) is 6.33. The number of carbonyl (C=O) groups is 3. The van der Waals surface area contributed by atoms with E-state index in [0.717, 1.165) is 0 Å². The van der Waals surface area contributed by atoms with Crippen LogP contribution in [0.25, 0.3) is 5.57 Å². The minimum atomic E-state index is -1.04. The van der Waals surface area contributed by atoms with Crippen molar-refractivity contribution in [3.63, 3.8) is 0 Å². The summed E-state index contributed by atoms with van der Waals surface area (Å²) in [7, 11) is 0. The molecule has 0 bridgehead atoms. The van der Waals surface area contributed by atoms with Gasteiger partial charge < -0.3 is 25.8 Å². The third-order valence-electron chi connectivity index (χ3n) is 4.31. The number of aliphatic carboxylic acids is 1. The van der Waals surface area contributed by atoms with E-state index in [2.05, 4.69) is 10.3 Å². The van der Waals surface area contributed by atoms with Crippen LogP contribution >= 0.6 is 23.1 Å². The molecule has 0 aliphatic carbocycles. The number of nitrogens with zero attached hydrogens (tertiary/aromatic N) is 2. The van der Waals surface area contributed by atoms with Gasteiger partial charge in [0, 0.05) is 17.6 Å². The molecule has 4 heterocycles. The summed E-state index contributed by atoms with van der Waals surface area (Å²) in [4.78, 5) is 41.8. The zero-order valence-electron chi connectivity index (χ0n) is 13.2. The maximum atomic E-state index is 12.8. The van der Waals surface area contributed by atoms with E-state index in [1.807, 2.05) is 0 Å². The van der Waals surface area contributed by atoms with Crippen LogP contribution < -0.4 is 11.1 Å². The molecule has 4 N–H and O–H groups in total. The highest BCUT2D eigenvalue weighted by Gasteiger charge is 2.57. The normalized spacial score (nSPS) is 28.4. The van der Waals surface area contributed by atoms with Crippen LogP contribution in [0.15, 0.2) is 23.5 Å². The second kappa shape index (κ2) is 6.32. The van der Waals surface area contributed by atoms with Crippen LogP contribution in [0.3, 0.4) is 0 Å². The number of amides is 2. The number of carboxylic acid groups (broad SMARTS) is 1. The molecule has 2 fully saturated rings. The van der Waals surface area contributed by atoms with Gasteiger partial charge in [-0.2, -0.15) is 0 Å². The number of thiazole rings is 1. The summed E-state index contributed by atoms with van der Waals surface area (Å²) in [5, 5.41) is 13.5. The highest BCUT2D eigenvalue weighted by Crippen LogP contribution is 2.40. The van der Waals surface area contributed by atoms with E-state index in [1.54, 1.807) is 11.5 Å². The Labute approximate surface area is 155 Å². The molecule has 26 heavy (non-hydrogen) atoms. The number of rotatable bonds is 4. The predicted molar refractivity (Wildman–Crippen MR) is 94.7 cm³/mol. The summed E-state index contributed by atoms with van der Waals surface area (Å²) >= 11 is 2.54. The van der Waals surface area contributed by atoms with E-state index in [9.17, 15) is 14.4 Å². The SMILES string of the molecule is Nc1nc(/C(C(=O)NC2C(=O)N3C(C(=O)O)CS[C@H]23)=C2/CC=CO2)cs1. The molecule has 136 valence electrons. The number of allylic oxidation sites excluding steroid dienone is 1. The van der Waals surface area contributed by atoms with Gasteiger partial charge in [0.25, 0.3) is 5.91 Å². The summed E-state index contributed by atoms with van der Waals surface area (Å²) in [5.41, 5.74) is 6.28. The average Bonchev–Trinajstić information content (AvgIpc) is 3.32. The van der Waals surface area contributed by atoms with Crippen LogP contribution in [-0.4, -0.2) is 56.0 Å². The van der Waals surface area contributed by atoms with Crippen molar-refractivity contribution in [3.05, 3.63) is 29.2 Å². The van der Waals surface area contributed by atoms with E-state index in [4.69, 9.17) is 15.6 Å². The molecule has 1 aromatic rings. The Morgan fingerprint density at radius 2 is 2.27 bits per heavy atom. The predicted octanol–water partition coefficient (Wildman–Crippen LogP) is 0.224. The monoisotopic (exact) mass is 394 g/mol. The first-order valence-corrected chi connectivity index (χ1v) is 9.64. The Morgan fingerprint density at radius 1 is 1.46 bits per heavy atom. The van der Waals surface area contributed by atoms with Crippen molar-refractivity contribution in [2.45, 2.75) is 23.9 Å². The summed E-state index contributed by atoms with van der Waals surface area (Å²) in [6.45, 7) is 0. The smallest absolute Gasteiger partial charge is 0.327 e. The van der Waals surface area contributed by atoms with Crippen LogP contribution in [0.4, 0.5) is 5.13 Å². The van der Waals surface area contributed by atoms with Gasteiger partial charge in [0.15, 0.2) is 5.13 Å². The van der Waals surface area contributed by atoms with E-state index in [0.29, 0.717) is 28.8 Å². The van der Waals surface area contributed by atoms with Crippen molar-refractivity contribution in [2.75, 3.05) is 11.5 Å². The van der Waals surface area contributed by atoms with Crippen molar-refractivity contribution >= 4 is 51.6 Å². The number of nitrogens with one attached hydrogen (secondary N) is 1. The number of nitrogen functional groups attached to an aromatic ring is 1. The molecule has 0 saturated carbocycles. The highest BCUT2D eigenvalue weighted by molar-refractivity contribution is 8.00. The first-order chi connectivity index (χ1) is 12.5. The lowest BCUT2D eigenvalue weighted by atomic mass is 10.0. The van der Waals surface area contributed by atoms with E-state index in [-0.39, 0.29) is 10.9 Å². The molecule has 9 nitrogen and oxygen atoms in total. The minimum Gasteiger partial charge on any atom is -0.480 e. The summed E-state index contributed by atoms with van der Waals surface area (Å²) in [5.74, 6) is -1.19. The fourth-order valence-electron chi connectivity index (χ4n) is 3.08. The van der Waals surface area contributed by atoms with Gasteiger partial charge in [0.05, 0.1) is 12.0 Å². The van der Waals surface area contributed by atoms with Gasteiger partial charge in [0.2, 0.25) is 5.91 Å². The van der Waals surface area contributed by atoms with Gasteiger partial charge in [-0.15, -0.1) is 23.1 Å². The summed E-state index contributed by atoms with van der Waals surface area (Å²) in [6, 6.07) is -1.61. The van der Waals surface area contributed by atoms with Gasteiger partial charge in [-0.1, -0.05) is 0 Å². The molecule has 0 radical (unpaired) electrons. The summed E-state index contributed by atoms with van der Waals surface area (Å²) < 4.78 is 5.38. The molecule has 0 spiro atoms. The van der Waals surface area contributed by atoms with Gasteiger partial charge in [0.1, 0.15) is 28.8 Å². The number of fused-ring (bicyclic) bond motifs is 1. The number of anilines is 1. The number of hydrogen-bond acceptors (Lipinski definition) is 8. The lowest BCUT2D eigenvalue weighted by molar-refractivity contribution is -0.158. The van der Waals surface area contributed by atoms with Crippen molar-refractivity contribution in [1.29, 1.82) is 0 Å². The molecular weight excluding hydrogens is 380 g/mol. The van der Waals surface area contributed by atoms with Crippen molar-refractivity contribution < 1.29 is 24.2 Å². The van der Waals surface area contributed by atoms with Gasteiger partial charge in [-0.25, -0.2) is 9.78 Å². The van der Waals surface area contributed by atoms with Crippen LogP contribution in [-0.2, 0) is 19.1 Å². The lowest BCUT2D eigenvalue weighted by Gasteiger charge is -2.43. The highest BCUT2D eigenvalue weighted by atomic mass is 32.2. The Morgan fingerprint density at radius 3 is 2.88 bits per heavy atom. The maximum absolute atomic E-state index is 12.8. The zero-order chi connectivity index (χ0) is 18.4. The quantitative estimate of drug-likeness (QED) is 0.488. The van der Waals surface area contributed by atoms with Crippen molar-refractivity contribution in [1.82, 2.24) is 15.2 Å². The topological polar surface area (TPSA) is 135 Å². The van der Waals surface area contributed by atoms with Crippen molar-refractivity contribution in [3.8, 4) is 0 Å². The molecule has 3 aliphatic heterocycles. The number of carbonyl (C=O) groups excluding carboxylic acids is 2. The van der Waals surface area contributed by atoms with E-state index >= 15 is 0 Å². The van der Waals surface area contributed by atoms with Gasteiger partial charge in [-0.05, 0) is 6.08 Å². The average molecular weight is 394 g/mol. The molecule has 0 aromatic carbocycles. The zero-order valence-corrected chi connectivity index (χ0v) is 14.9. The Hall–Kier alpha value is -2.53. The first kappa shape index (κ1) is 16.9. The molecular formula is C15H14N4O5S2. The lowest BCUT2D eigenvalue weighted by Crippen LogP contribution is -2.70. The molecule has 2 unspecified atom stereocenters. The number of β-lactam (4-membered cyclic amide) rings is 1. The number of carboxylic acids is 1. The third kappa shape index (κ3) is 2.63. The number of nitrogens with two attached hydrogens (primary N) is 1. The molecule has 3 atom stereocenters. The fraction of sp³-hybridized carbons (Fsp3) is 0.333. The number of thioether (sulfide) groups is 1. The van der Waals surface area contributed by atoms with E-state index in [1.165, 1.54) is 34.3 Å². The Balaban J connectivity index is 1.54. The van der Waals surface area contributed by atoms with Crippen molar-refractivity contribution in [2.24, 2.45) is 0 Å². The number of hydrogen-bond donors (Lipinski definition) is 3. The minimum absolute atomic E-state index is 0.229. The fourth-order valence-corrected chi connectivity index (χ4v) is 5.11. The Bertz CT molecular complexity index is 854. The summed E-state index contributed by atoms with van der Waals surface area (Å²) in [6.07, 6.45) is 3.68. The largest absolute Gasteiger partial charge is 0.480 e. The van der Waals surface area contributed by atoms with Crippen LogP contribution in [0.5, 0.6) is 0 Å². The molecule has 2 amide bonds. The maximum Gasteiger partial charge on any atom is 0.327 e. The Kier molecular flexibility index (Phi) is 4.11. The van der Waals surface area contributed by atoms with Crippen LogP contribution in [0.1, 0.15) is 12.1 Å². The number of ether oxygens (including phenoxy) is 1. The van der Waals surface area contributed by atoms with Gasteiger partial charge in [-0.3, -0.25) is 9.59 Å². The molecule has 11 heteroatoms. The molecule has 1 aromatic heterocycles.